The van der Waals surface area contributed by atoms with Gasteiger partial charge in [-0.15, -0.1) is 16.1 Å². The van der Waals surface area contributed by atoms with Crippen LogP contribution in [0.15, 0.2) is 65.2 Å². The summed E-state index contributed by atoms with van der Waals surface area (Å²) in [5.74, 6) is 1.22. The lowest BCUT2D eigenvalue weighted by atomic mass is 9.70. The van der Waals surface area contributed by atoms with Gasteiger partial charge in [-0.2, -0.15) is 0 Å². The summed E-state index contributed by atoms with van der Waals surface area (Å²) in [5.41, 5.74) is 6.36. The Bertz CT molecular complexity index is 2010. The van der Waals surface area contributed by atoms with E-state index in [2.05, 4.69) is 51.3 Å². The molecule has 1 aromatic heterocycles. The summed E-state index contributed by atoms with van der Waals surface area (Å²) >= 11 is 1.96. The molecular weight excluding hydrogens is 697 g/mol. The van der Waals surface area contributed by atoms with Gasteiger partial charge in [0.1, 0.15) is 22.3 Å². The number of carbonyl (C=O) groups is 2. The van der Waals surface area contributed by atoms with Gasteiger partial charge in [-0.05, 0) is 91.5 Å². The van der Waals surface area contributed by atoms with Crippen LogP contribution in [-0.2, 0) is 43.7 Å². The standard InChI is InChI=1S/C40H48N4O6S2/c1-26-7-11-34-28(17-26)13-16-51-40(34)24-44-20-30-8-10-33(30)36(48-3)6-4-5-27(2)23-52(47,41-38(45)29-9-12-37(50-25-40)35(44)19-29)42-39(46)31-18-32-22-49-15-14-43(32)21-31/h4,6-7,9,11-12,17-19,21,27,30,33,36H,5,8,10,13-16,20,22-25H2,1-3H3,(H,41,42,45,46,47)/b6-4+/t27-,30-,33+,36-,40+,52?/m0/s1. The van der Waals surface area contributed by atoms with Crippen LogP contribution in [0.4, 0.5) is 5.69 Å². The molecule has 4 aliphatic heterocycles. The fourth-order valence-electron chi connectivity index (χ4n) is 8.55. The molecule has 6 atom stereocenters. The number of nitrogens with zero attached hydrogens (tertiary/aromatic N) is 3. The molecule has 5 aliphatic rings. The number of hydrogen-bond donors (Lipinski definition) is 1. The Morgan fingerprint density at radius 3 is 2.87 bits per heavy atom. The highest BCUT2D eigenvalue weighted by molar-refractivity contribution is 8.00. The van der Waals surface area contributed by atoms with Crippen LogP contribution in [-0.4, -0.2) is 71.6 Å². The first kappa shape index (κ1) is 35.4. The number of fused-ring (bicyclic) bond motifs is 5. The number of amides is 2. The van der Waals surface area contributed by atoms with E-state index in [1.54, 1.807) is 25.4 Å². The van der Waals surface area contributed by atoms with Crippen molar-refractivity contribution >= 4 is 39.2 Å². The minimum atomic E-state index is -3.52. The molecular formula is C40H48N4O6S2. The molecule has 10 nitrogen and oxygen atoms in total. The molecule has 0 radical (unpaired) electrons. The predicted molar refractivity (Wildman–Crippen MR) is 204 cm³/mol. The average molecular weight is 745 g/mol. The Morgan fingerprint density at radius 1 is 1.17 bits per heavy atom. The van der Waals surface area contributed by atoms with Crippen LogP contribution >= 0.6 is 11.8 Å². The third kappa shape index (κ3) is 6.95. The highest BCUT2D eigenvalue weighted by Crippen LogP contribution is 2.49. The molecule has 1 fully saturated rings. The quantitative estimate of drug-likeness (QED) is 0.312. The number of hydrogen-bond acceptors (Lipinski definition) is 8. The van der Waals surface area contributed by atoms with Gasteiger partial charge in [0.05, 0.1) is 41.1 Å². The highest BCUT2D eigenvalue weighted by atomic mass is 32.2. The Hall–Kier alpha value is -3.58. The number of allylic oxidation sites excluding steroid dienone is 1. The van der Waals surface area contributed by atoms with Crippen molar-refractivity contribution in [1.82, 2.24) is 9.29 Å². The minimum Gasteiger partial charge on any atom is -0.490 e. The summed E-state index contributed by atoms with van der Waals surface area (Å²) in [6.07, 6.45) is 9.75. The average Bonchev–Trinajstić information content (AvgIpc) is 3.49. The number of benzene rings is 2. The van der Waals surface area contributed by atoms with E-state index < -0.39 is 21.7 Å². The van der Waals surface area contributed by atoms with Crippen molar-refractivity contribution in [2.75, 3.05) is 49.8 Å². The molecule has 1 saturated carbocycles. The molecule has 12 heteroatoms. The topological polar surface area (TPSA) is 111 Å². The van der Waals surface area contributed by atoms with E-state index in [-0.39, 0.29) is 22.5 Å². The van der Waals surface area contributed by atoms with Gasteiger partial charge < -0.3 is 23.7 Å². The first-order valence-electron chi connectivity index (χ1n) is 18.5. The first-order chi connectivity index (χ1) is 25.1. The van der Waals surface area contributed by atoms with Crippen molar-refractivity contribution in [1.29, 1.82) is 0 Å². The van der Waals surface area contributed by atoms with Gasteiger partial charge in [0.15, 0.2) is 0 Å². The number of carbonyl (C=O) groups excluding carboxylic acids is 2. The van der Waals surface area contributed by atoms with Crippen LogP contribution in [0.2, 0.25) is 0 Å². The van der Waals surface area contributed by atoms with E-state index >= 15 is 0 Å². The van der Waals surface area contributed by atoms with Crippen LogP contribution in [0.1, 0.15) is 69.3 Å². The van der Waals surface area contributed by atoms with Crippen LogP contribution in [0, 0.1) is 24.7 Å². The SMILES string of the molecule is CO[C@H]1/C=C/C[C@H](C)CS(=O)(NC(=O)c2cc3n(c2)CCOC3)=NC(=O)c2ccc3c(c2)N(C[C@@H]2CC[C@H]21)C[C@]1(CO3)SCCc2cc(C)ccc21. The normalized spacial score (nSPS) is 30.8. The molecule has 276 valence electrons. The van der Waals surface area contributed by atoms with Gasteiger partial charge in [0, 0.05) is 44.2 Å². The molecule has 2 bridgehead atoms. The predicted octanol–water partition coefficient (Wildman–Crippen LogP) is 6.30. The van der Waals surface area contributed by atoms with Crippen molar-refractivity contribution in [2.45, 2.75) is 63.5 Å². The van der Waals surface area contributed by atoms with Crippen molar-refractivity contribution in [2.24, 2.45) is 22.1 Å². The summed E-state index contributed by atoms with van der Waals surface area (Å²) < 4.78 is 41.7. The fourth-order valence-corrected chi connectivity index (χ4v) is 11.9. The van der Waals surface area contributed by atoms with E-state index in [1.807, 2.05) is 35.4 Å². The lowest BCUT2D eigenvalue weighted by Crippen LogP contribution is -2.48. The summed E-state index contributed by atoms with van der Waals surface area (Å²) in [6, 6.07) is 14.0. The number of ether oxygens (including phenoxy) is 3. The number of nitrogens with one attached hydrogen (secondary N) is 1. The van der Waals surface area contributed by atoms with Gasteiger partial charge in [0.2, 0.25) is 0 Å². The van der Waals surface area contributed by atoms with Crippen LogP contribution in [0.25, 0.3) is 0 Å². The van der Waals surface area contributed by atoms with E-state index in [0.717, 1.165) is 55.2 Å². The smallest absolute Gasteiger partial charge is 0.286 e. The Morgan fingerprint density at radius 2 is 2.06 bits per heavy atom. The summed E-state index contributed by atoms with van der Waals surface area (Å²) in [5, 5.41) is 0. The van der Waals surface area contributed by atoms with Crippen LogP contribution in [0.3, 0.4) is 0 Å². The monoisotopic (exact) mass is 744 g/mol. The largest absolute Gasteiger partial charge is 0.490 e. The maximum atomic E-state index is 14.6. The zero-order valence-electron chi connectivity index (χ0n) is 30.2. The second-order valence-electron chi connectivity index (χ2n) is 15.2. The van der Waals surface area contributed by atoms with Crippen molar-refractivity contribution < 1.29 is 28.0 Å². The Balaban J connectivity index is 1.18. The van der Waals surface area contributed by atoms with E-state index in [1.165, 1.54) is 16.7 Å². The molecule has 1 unspecified atom stereocenters. The molecule has 3 aromatic rings. The Labute approximate surface area is 311 Å². The summed E-state index contributed by atoms with van der Waals surface area (Å²) in [4.78, 5) is 30.1. The zero-order valence-corrected chi connectivity index (χ0v) is 31.8. The second-order valence-corrected chi connectivity index (χ2v) is 18.7. The van der Waals surface area contributed by atoms with Crippen LogP contribution in [0.5, 0.6) is 5.75 Å². The molecule has 52 heavy (non-hydrogen) atoms. The molecule has 1 aliphatic carbocycles. The van der Waals surface area contributed by atoms with Crippen molar-refractivity contribution in [3.8, 4) is 5.75 Å². The van der Waals surface area contributed by atoms with Gasteiger partial charge in [0.25, 0.3) is 11.8 Å². The van der Waals surface area contributed by atoms with Crippen molar-refractivity contribution in [3.05, 3.63) is 94.3 Å². The third-order valence-corrected chi connectivity index (χ3v) is 14.8. The van der Waals surface area contributed by atoms with E-state index in [4.69, 9.17) is 14.2 Å². The molecule has 1 spiro atoms. The molecule has 8 rings (SSSR count). The van der Waals surface area contributed by atoms with E-state index in [0.29, 0.717) is 55.7 Å². The second kappa shape index (κ2) is 14.3. The number of thioether (sulfide) groups is 1. The zero-order chi connectivity index (χ0) is 36.0. The number of methoxy groups -OCH3 is 1. The minimum absolute atomic E-state index is 0.0218. The first-order valence-corrected chi connectivity index (χ1v) is 21.1. The van der Waals surface area contributed by atoms with Gasteiger partial charge in [-0.1, -0.05) is 42.8 Å². The molecule has 0 saturated heterocycles. The summed E-state index contributed by atoms with van der Waals surface area (Å²) in [6.45, 7) is 7.76. The number of rotatable bonds is 3. The number of aromatic nitrogens is 1. The highest BCUT2D eigenvalue weighted by Gasteiger charge is 2.45. The number of anilines is 1. The lowest BCUT2D eigenvalue weighted by Gasteiger charge is -2.45. The maximum Gasteiger partial charge on any atom is 0.286 e. The van der Waals surface area contributed by atoms with Gasteiger partial charge >= 0.3 is 0 Å². The Kier molecular flexibility index (Phi) is 9.77. The van der Waals surface area contributed by atoms with Crippen LogP contribution < -0.4 is 14.4 Å². The maximum absolute atomic E-state index is 14.6. The third-order valence-electron chi connectivity index (χ3n) is 11.4. The lowest BCUT2D eigenvalue weighted by molar-refractivity contribution is 0.0134. The summed E-state index contributed by atoms with van der Waals surface area (Å²) in [7, 11) is -1.74. The molecule has 1 N–H and O–H groups in total. The number of aryl methyl sites for hydroxylation is 2. The van der Waals surface area contributed by atoms with Gasteiger partial charge in [-0.3, -0.25) is 14.3 Å². The molecule has 5 heterocycles. The van der Waals surface area contributed by atoms with Crippen molar-refractivity contribution in [3.63, 3.8) is 0 Å². The molecule has 2 amide bonds. The van der Waals surface area contributed by atoms with Gasteiger partial charge in [-0.25, -0.2) is 4.21 Å². The fraction of sp³-hybridized carbons (Fsp3) is 0.500. The van der Waals surface area contributed by atoms with E-state index in [9.17, 15) is 13.8 Å². The molecule has 2 aromatic carbocycles.